The predicted molar refractivity (Wildman–Crippen MR) is 98.0 cm³/mol. The average Bonchev–Trinajstić information content (AvgIpc) is 3.47. The van der Waals surface area contributed by atoms with Crippen molar-refractivity contribution >= 4 is 11.6 Å². The molecule has 1 aliphatic carbocycles. The third-order valence-electron chi connectivity index (χ3n) is 4.36. The van der Waals surface area contributed by atoms with Crippen LogP contribution in [0.3, 0.4) is 0 Å². The second-order valence-corrected chi connectivity index (χ2v) is 6.20. The lowest BCUT2D eigenvalue weighted by Crippen LogP contribution is -2.34. The topological polar surface area (TPSA) is 50.8 Å². The van der Waals surface area contributed by atoms with Gasteiger partial charge in [0.05, 0.1) is 26.5 Å². The largest absolute Gasteiger partial charge is 0.496 e. The number of carbonyl (C=O) groups excluding carboxylic acids is 1. The van der Waals surface area contributed by atoms with Crippen molar-refractivity contribution in [3.63, 3.8) is 0 Å². The molecule has 1 N–H and O–H groups in total. The molecule has 1 fully saturated rings. The maximum atomic E-state index is 12.5. The van der Waals surface area contributed by atoms with E-state index in [1.165, 1.54) is 0 Å². The van der Waals surface area contributed by atoms with E-state index in [1.54, 1.807) is 14.2 Å². The molecule has 25 heavy (non-hydrogen) atoms. The SMILES string of the molecule is COc1ccccc1CN(CC(=O)Nc1ccccc1OC)C1CC1. The Morgan fingerprint density at radius 2 is 1.68 bits per heavy atom. The Balaban J connectivity index is 1.67. The third kappa shape index (κ3) is 4.51. The van der Waals surface area contributed by atoms with Crippen LogP contribution in [0.2, 0.25) is 0 Å². The van der Waals surface area contributed by atoms with Gasteiger partial charge in [-0.1, -0.05) is 30.3 Å². The molecule has 0 saturated heterocycles. The molecule has 0 atom stereocenters. The highest BCUT2D eigenvalue weighted by atomic mass is 16.5. The van der Waals surface area contributed by atoms with Crippen LogP contribution < -0.4 is 14.8 Å². The zero-order chi connectivity index (χ0) is 17.6. The van der Waals surface area contributed by atoms with E-state index in [4.69, 9.17) is 9.47 Å². The highest BCUT2D eigenvalue weighted by molar-refractivity contribution is 5.93. The van der Waals surface area contributed by atoms with Gasteiger partial charge in [0.25, 0.3) is 0 Å². The summed E-state index contributed by atoms with van der Waals surface area (Å²) in [7, 11) is 3.28. The molecule has 1 aliphatic rings. The molecule has 1 saturated carbocycles. The van der Waals surface area contributed by atoms with Crippen molar-refractivity contribution in [3.05, 3.63) is 54.1 Å². The Kier molecular flexibility index (Phi) is 5.56. The second kappa shape index (κ2) is 8.03. The molecule has 132 valence electrons. The minimum Gasteiger partial charge on any atom is -0.496 e. The molecule has 5 heteroatoms. The highest BCUT2D eigenvalue weighted by Gasteiger charge is 2.31. The molecule has 0 radical (unpaired) electrons. The number of ether oxygens (including phenoxy) is 2. The van der Waals surface area contributed by atoms with E-state index in [0.29, 0.717) is 30.6 Å². The molecule has 3 rings (SSSR count). The number of nitrogens with one attached hydrogen (secondary N) is 1. The van der Waals surface area contributed by atoms with Crippen molar-refractivity contribution in [1.29, 1.82) is 0 Å². The molecule has 0 heterocycles. The third-order valence-corrected chi connectivity index (χ3v) is 4.36. The first-order valence-electron chi connectivity index (χ1n) is 8.50. The molecule has 0 spiro atoms. The van der Waals surface area contributed by atoms with Gasteiger partial charge in [-0.3, -0.25) is 9.69 Å². The van der Waals surface area contributed by atoms with E-state index in [-0.39, 0.29) is 5.91 Å². The van der Waals surface area contributed by atoms with Gasteiger partial charge in [0, 0.05) is 18.2 Å². The monoisotopic (exact) mass is 340 g/mol. The summed E-state index contributed by atoms with van der Waals surface area (Å²) in [5.41, 5.74) is 1.80. The molecule has 0 aromatic heterocycles. The second-order valence-electron chi connectivity index (χ2n) is 6.20. The van der Waals surface area contributed by atoms with Gasteiger partial charge in [-0.15, -0.1) is 0 Å². The zero-order valence-electron chi connectivity index (χ0n) is 14.7. The fraction of sp³-hybridized carbons (Fsp3) is 0.350. The van der Waals surface area contributed by atoms with Crippen LogP contribution in [-0.4, -0.2) is 37.6 Å². The van der Waals surface area contributed by atoms with Crippen molar-refractivity contribution in [2.24, 2.45) is 0 Å². The lowest BCUT2D eigenvalue weighted by atomic mass is 10.2. The number of carbonyl (C=O) groups is 1. The van der Waals surface area contributed by atoms with Crippen molar-refractivity contribution < 1.29 is 14.3 Å². The van der Waals surface area contributed by atoms with Crippen LogP contribution >= 0.6 is 0 Å². The first-order valence-corrected chi connectivity index (χ1v) is 8.50. The molecular weight excluding hydrogens is 316 g/mol. The molecule has 2 aromatic carbocycles. The standard InChI is InChI=1S/C20H24N2O3/c1-24-18-9-5-3-7-15(18)13-22(16-11-12-16)14-20(23)21-17-8-4-6-10-19(17)25-2/h3-10,16H,11-14H2,1-2H3,(H,21,23). The Morgan fingerprint density at radius 3 is 2.36 bits per heavy atom. The maximum Gasteiger partial charge on any atom is 0.238 e. The van der Waals surface area contributed by atoms with Gasteiger partial charge in [0.1, 0.15) is 11.5 Å². The van der Waals surface area contributed by atoms with Crippen LogP contribution in [0.15, 0.2) is 48.5 Å². The minimum absolute atomic E-state index is 0.0358. The van der Waals surface area contributed by atoms with E-state index in [2.05, 4.69) is 10.2 Å². The molecule has 2 aromatic rings. The normalized spacial score (nSPS) is 13.6. The Bertz CT molecular complexity index is 728. The van der Waals surface area contributed by atoms with E-state index in [1.807, 2.05) is 48.5 Å². The zero-order valence-corrected chi connectivity index (χ0v) is 14.7. The smallest absolute Gasteiger partial charge is 0.238 e. The summed E-state index contributed by atoms with van der Waals surface area (Å²) in [4.78, 5) is 14.7. The van der Waals surface area contributed by atoms with Gasteiger partial charge in [-0.05, 0) is 31.0 Å². The number of anilines is 1. The van der Waals surface area contributed by atoms with E-state index in [0.717, 1.165) is 24.2 Å². The van der Waals surface area contributed by atoms with Gasteiger partial charge in [-0.25, -0.2) is 0 Å². The highest BCUT2D eigenvalue weighted by Crippen LogP contribution is 2.30. The van der Waals surface area contributed by atoms with Crippen LogP contribution in [0.25, 0.3) is 0 Å². The van der Waals surface area contributed by atoms with Crippen molar-refractivity contribution in [2.45, 2.75) is 25.4 Å². The van der Waals surface area contributed by atoms with Gasteiger partial charge >= 0.3 is 0 Å². The van der Waals surface area contributed by atoms with Crippen LogP contribution in [0, 0.1) is 0 Å². The van der Waals surface area contributed by atoms with Crippen LogP contribution in [-0.2, 0) is 11.3 Å². The summed E-state index contributed by atoms with van der Waals surface area (Å²) in [5.74, 6) is 1.49. The predicted octanol–water partition coefficient (Wildman–Crippen LogP) is 3.31. The van der Waals surface area contributed by atoms with Crippen molar-refractivity contribution in [2.75, 3.05) is 26.1 Å². The van der Waals surface area contributed by atoms with Crippen molar-refractivity contribution in [1.82, 2.24) is 4.90 Å². The van der Waals surface area contributed by atoms with Gasteiger partial charge < -0.3 is 14.8 Å². The Labute approximate surface area is 148 Å². The Morgan fingerprint density at radius 1 is 1.04 bits per heavy atom. The van der Waals surface area contributed by atoms with Crippen LogP contribution in [0.5, 0.6) is 11.5 Å². The summed E-state index contributed by atoms with van der Waals surface area (Å²) < 4.78 is 10.7. The van der Waals surface area contributed by atoms with Crippen LogP contribution in [0.4, 0.5) is 5.69 Å². The maximum absolute atomic E-state index is 12.5. The number of hydrogen-bond acceptors (Lipinski definition) is 4. The summed E-state index contributed by atoms with van der Waals surface area (Å²) in [5, 5.41) is 2.95. The lowest BCUT2D eigenvalue weighted by Gasteiger charge is -2.22. The number of rotatable bonds is 8. The van der Waals surface area contributed by atoms with Gasteiger partial charge in [0.2, 0.25) is 5.91 Å². The number of benzene rings is 2. The number of hydrogen-bond donors (Lipinski definition) is 1. The summed E-state index contributed by atoms with van der Waals surface area (Å²) in [6, 6.07) is 15.9. The number of amides is 1. The lowest BCUT2D eigenvalue weighted by molar-refractivity contribution is -0.117. The molecule has 0 unspecified atom stereocenters. The summed E-state index contributed by atoms with van der Waals surface area (Å²) in [6.45, 7) is 1.05. The molecule has 1 amide bonds. The average molecular weight is 340 g/mol. The van der Waals surface area contributed by atoms with E-state index < -0.39 is 0 Å². The molecular formula is C20H24N2O3. The fourth-order valence-corrected chi connectivity index (χ4v) is 2.93. The fourth-order valence-electron chi connectivity index (χ4n) is 2.93. The molecule has 0 bridgehead atoms. The van der Waals surface area contributed by atoms with Gasteiger partial charge in [0.15, 0.2) is 0 Å². The number of para-hydroxylation sites is 3. The van der Waals surface area contributed by atoms with Gasteiger partial charge in [-0.2, -0.15) is 0 Å². The first kappa shape index (κ1) is 17.3. The molecule has 0 aliphatic heterocycles. The quantitative estimate of drug-likeness (QED) is 0.801. The van der Waals surface area contributed by atoms with Crippen LogP contribution in [0.1, 0.15) is 18.4 Å². The minimum atomic E-state index is -0.0358. The summed E-state index contributed by atoms with van der Waals surface area (Å²) >= 11 is 0. The van der Waals surface area contributed by atoms with E-state index >= 15 is 0 Å². The van der Waals surface area contributed by atoms with E-state index in [9.17, 15) is 4.79 Å². The van der Waals surface area contributed by atoms with Crippen molar-refractivity contribution in [3.8, 4) is 11.5 Å². The first-order chi connectivity index (χ1) is 12.2. The Hall–Kier alpha value is -2.53. The number of nitrogens with zero attached hydrogens (tertiary/aromatic N) is 1. The summed E-state index contributed by atoms with van der Waals surface area (Å²) in [6.07, 6.45) is 2.27. The molecule has 5 nitrogen and oxygen atoms in total. The number of methoxy groups -OCH3 is 2.